The van der Waals surface area contributed by atoms with E-state index in [1.165, 1.54) is 17.5 Å². The van der Waals surface area contributed by atoms with Gasteiger partial charge >= 0.3 is 0 Å². The number of aliphatic hydroxyl groups is 1. The van der Waals surface area contributed by atoms with E-state index in [1.54, 1.807) is 0 Å². The lowest BCUT2D eigenvalue weighted by molar-refractivity contribution is 0.0749. The molecule has 1 heterocycles. The Bertz CT molecular complexity index is 597. The quantitative estimate of drug-likeness (QED) is 0.887. The summed E-state index contributed by atoms with van der Waals surface area (Å²) in [7, 11) is 0. The third-order valence-electron chi connectivity index (χ3n) is 4.38. The van der Waals surface area contributed by atoms with Crippen molar-refractivity contribution >= 4 is 0 Å². The van der Waals surface area contributed by atoms with Gasteiger partial charge in [-0.25, -0.2) is 0 Å². The lowest BCUT2D eigenvalue weighted by Crippen LogP contribution is -2.34. The molecule has 122 valence electrons. The third kappa shape index (κ3) is 4.57. The Hall–Kier alpha value is -1.84. The summed E-state index contributed by atoms with van der Waals surface area (Å²) in [6.07, 6.45) is 0.795. The van der Waals surface area contributed by atoms with Crippen molar-refractivity contribution in [3.8, 4) is 16.9 Å². The first-order chi connectivity index (χ1) is 11.2. The van der Waals surface area contributed by atoms with Crippen LogP contribution in [0.5, 0.6) is 5.75 Å². The van der Waals surface area contributed by atoms with Crippen LogP contribution < -0.4 is 4.74 Å². The minimum atomic E-state index is -0.436. The number of hydrogen-bond donors (Lipinski definition) is 1. The van der Waals surface area contributed by atoms with Crippen molar-refractivity contribution in [3.63, 3.8) is 0 Å². The summed E-state index contributed by atoms with van der Waals surface area (Å²) in [6.45, 7) is 5.48. The Morgan fingerprint density at radius 1 is 1.09 bits per heavy atom. The van der Waals surface area contributed by atoms with E-state index in [-0.39, 0.29) is 0 Å². The number of rotatable bonds is 6. The van der Waals surface area contributed by atoms with E-state index >= 15 is 0 Å². The summed E-state index contributed by atoms with van der Waals surface area (Å²) < 4.78 is 5.72. The van der Waals surface area contributed by atoms with Gasteiger partial charge in [0.2, 0.25) is 0 Å². The van der Waals surface area contributed by atoms with Gasteiger partial charge in [-0.1, -0.05) is 49.4 Å². The molecule has 2 aromatic carbocycles. The van der Waals surface area contributed by atoms with E-state index in [9.17, 15) is 5.11 Å². The van der Waals surface area contributed by atoms with E-state index in [2.05, 4.69) is 36.1 Å². The van der Waals surface area contributed by atoms with Gasteiger partial charge in [-0.15, -0.1) is 0 Å². The van der Waals surface area contributed by atoms with Crippen LogP contribution in [0.2, 0.25) is 0 Å². The average molecular weight is 311 g/mol. The highest BCUT2D eigenvalue weighted by atomic mass is 16.5. The fourth-order valence-corrected chi connectivity index (χ4v) is 3.11. The van der Waals surface area contributed by atoms with Crippen molar-refractivity contribution in [3.05, 3.63) is 54.6 Å². The van der Waals surface area contributed by atoms with Crippen molar-refractivity contribution in [2.75, 3.05) is 26.2 Å². The molecule has 0 amide bonds. The number of hydrogen-bond acceptors (Lipinski definition) is 3. The van der Waals surface area contributed by atoms with Gasteiger partial charge in [-0.2, -0.15) is 0 Å². The van der Waals surface area contributed by atoms with Crippen LogP contribution in [0.15, 0.2) is 54.6 Å². The van der Waals surface area contributed by atoms with Crippen LogP contribution in [0, 0.1) is 5.92 Å². The zero-order valence-corrected chi connectivity index (χ0v) is 13.7. The number of likely N-dealkylation sites (tertiary alicyclic amines) is 1. The molecule has 1 aliphatic heterocycles. The van der Waals surface area contributed by atoms with Gasteiger partial charge in [-0.3, -0.25) is 0 Å². The standard InChI is InChI=1S/C20H25NO2/c1-16-11-12-21(13-16)14-19(22)15-23-20-9-7-18(8-10-20)17-5-3-2-4-6-17/h2-10,16,19,22H,11-15H2,1H3. The van der Waals surface area contributed by atoms with Gasteiger partial charge in [0.15, 0.2) is 0 Å². The fraction of sp³-hybridized carbons (Fsp3) is 0.400. The maximum absolute atomic E-state index is 10.1. The molecule has 2 atom stereocenters. The van der Waals surface area contributed by atoms with E-state index in [0.29, 0.717) is 13.2 Å². The van der Waals surface area contributed by atoms with Crippen LogP contribution in [-0.2, 0) is 0 Å². The Labute approximate surface area is 138 Å². The summed E-state index contributed by atoms with van der Waals surface area (Å²) in [4.78, 5) is 2.32. The number of nitrogens with zero attached hydrogens (tertiary/aromatic N) is 1. The van der Waals surface area contributed by atoms with E-state index in [4.69, 9.17) is 4.74 Å². The first-order valence-electron chi connectivity index (χ1n) is 8.39. The van der Waals surface area contributed by atoms with Crippen LogP contribution in [0.25, 0.3) is 11.1 Å². The molecule has 0 saturated carbocycles. The SMILES string of the molecule is CC1CCN(CC(O)COc2ccc(-c3ccccc3)cc2)C1. The Morgan fingerprint density at radius 2 is 1.78 bits per heavy atom. The normalized spacial score (nSPS) is 19.7. The van der Waals surface area contributed by atoms with Gasteiger partial charge in [0, 0.05) is 13.1 Å². The Balaban J connectivity index is 1.48. The Kier molecular flexibility index (Phi) is 5.31. The molecule has 1 saturated heterocycles. The highest BCUT2D eigenvalue weighted by molar-refractivity contribution is 5.63. The predicted octanol–water partition coefficient (Wildman–Crippen LogP) is 3.44. The molecule has 3 nitrogen and oxygen atoms in total. The molecule has 0 spiro atoms. The monoisotopic (exact) mass is 311 g/mol. The molecule has 0 bridgehead atoms. The topological polar surface area (TPSA) is 32.7 Å². The van der Waals surface area contributed by atoms with Gasteiger partial charge < -0.3 is 14.7 Å². The molecule has 3 heteroatoms. The predicted molar refractivity (Wildman–Crippen MR) is 93.6 cm³/mol. The summed E-state index contributed by atoms with van der Waals surface area (Å²) >= 11 is 0. The van der Waals surface area contributed by atoms with Crippen molar-refractivity contribution in [1.29, 1.82) is 0 Å². The van der Waals surface area contributed by atoms with Crippen LogP contribution in [0.3, 0.4) is 0 Å². The number of benzene rings is 2. The maximum atomic E-state index is 10.1. The number of β-amino-alcohol motifs (C(OH)–C–C–N with tert-alkyl or cyclic N) is 1. The van der Waals surface area contributed by atoms with Crippen molar-refractivity contribution in [1.82, 2.24) is 4.90 Å². The van der Waals surface area contributed by atoms with Crippen LogP contribution in [0.1, 0.15) is 13.3 Å². The molecule has 23 heavy (non-hydrogen) atoms. The van der Waals surface area contributed by atoms with Gasteiger partial charge in [0.25, 0.3) is 0 Å². The second-order valence-corrected chi connectivity index (χ2v) is 6.51. The zero-order valence-electron chi connectivity index (χ0n) is 13.7. The molecular formula is C20H25NO2. The molecule has 0 aliphatic carbocycles. The smallest absolute Gasteiger partial charge is 0.119 e. The summed E-state index contributed by atoms with van der Waals surface area (Å²) in [5, 5.41) is 10.1. The second-order valence-electron chi connectivity index (χ2n) is 6.51. The van der Waals surface area contributed by atoms with E-state index in [0.717, 1.165) is 24.8 Å². The molecular weight excluding hydrogens is 286 g/mol. The fourth-order valence-electron chi connectivity index (χ4n) is 3.11. The number of aliphatic hydroxyl groups excluding tert-OH is 1. The first kappa shape index (κ1) is 16.0. The largest absolute Gasteiger partial charge is 0.491 e. The van der Waals surface area contributed by atoms with E-state index < -0.39 is 6.10 Å². The van der Waals surface area contributed by atoms with E-state index in [1.807, 2.05) is 30.3 Å². The average Bonchev–Trinajstić information content (AvgIpc) is 2.99. The highest BCUT2D eigenvalue weighted by Crippen LogP contribution is 2.22. The molecule has 3 rings (SSSR count). The lowest BCUT2D eigenvalue weighted by atomic mass is 10.1. The first-order valence-corrected chi connectivity index (χ1v) is 8.39. The van der Waals surface area contributed by atoms with Gasteiger partial charge in [0.05, 0.1) is 0 Å². The highest BCUT2D eigenvalue weighted by Gasteiger charge is 2.21. The summed E-state index contributed by atoms with van der Waals surface area (Å²) in [5.41, 5.74) is 2.37. The number of ether oxygens (including phenoxy) is 1. The van der Waals surface area contributed by atoms with Gasteiger partial charge in [0.1, 0.15) is 18.5 Å². The lowest BCUT2D eigenvalue weighted by Gasteiger charge is -2.20. The van der Waals surface area contributed by atoms with Crippen molar-refractivity contribution < 1.29 is 9.84 Å². The van der Waals surface area contributed by atoms with Crippen LogP contribution in [0.4, 0.5) is 0 Å². The molecule has 1 fully saturated rings. The zero-order chi connectivity index (χ0) is 16.1. The van der Waals surface area contributed by atoms with Crippen LogP contribution >= 0.6 is 0 Å². The molecule has 1 N–H and O–H groups in total. The third-order valence-corrected chi connectivity index (χ3v) is 4.38. The van der Waals surface area contributed by atoms with Crippen molar-refractivity contribution in [2.45, 2.75) is 19.4 Å². The molecule has 2 aromatic rings. The minimum Gasteiger partial charge on any atom is -0.491 e. The van der Waals surface area contributed by atoms with Crippen LogP contribution in [-0.4, -0.2) is 42.4 Å². The summed E-state index contributed by atoms with van der Waals surface area (Å²) in [6, 6.07) is 18.3. The molecule has 0 radical (unpaired) electrons. The molecule has 2 unspecified atom stereocenters. The Morgan fingerprint density at radius 3 is 2.43 bits per heavy atom. The second kappa shape index (κ2) is 7.62. The summed E-state index contributed by atoms with van der Waals surface area (Å²) in [5.74, 6) is 1.55. The van der Waals surface area contributed by atoms with Crippen molar-refractivity contribution in [2.24, 2.45) is 5.92 Å². The molecule has 1 aliphatic rings. The maximum Gasteiger partial charge on any atom is 0.119 e. The molecule has 0 aromatic heterocycles. The van der Waals surface area contributed by atoms with Gasteiger partial charge in [-0.05, 0) is 42.1 Å². The minimum absolute atomic E-state index is 0.343.